The number of hydrogen-bond donors (Lipinski definition) is 1. The summed E-state index contributed by atoms with van der Waals surface area (Å²) in [5, 5.41) is 0.275. The topological polar surface area (TPSA) is 99.4 Å². The van der Waals surface area contributed by atoms with Crippen LogP contribution in [0.5, 0.6) is 0 Å². The first-order chi connectivity index (χ1) is 14.8. The largest absolute Gasteiger partial charge is 0.465 e. The number of amides is 1. The highest BCUT2D eigenvalue weighted by atomic mass is 35.5. The molecule has 1 amide bonds. The highest BCUT2D eigenvalue weighted by Gasteiger charge is 2.35. The second-order valence-corrected chi connectivity index (χ2v) is 7.97. The minimum atomic E-state index is -4.99. The Morgan fingerprint density at radius 2 is 1.88 bits per heavy atom. The van der Waals surface area contributed by atoms with Gasteiger partial charge in [-0.15, -0.1) is 0 Å². The molecule has 0 aliphatic heterocycles. The van der Waals surface area contributed by atoms with E-state index in [9.17, 15) is 36.7 Å². The Balaban J connectivity index is 2.47. The molecule has 0 saturated carbocycles. The highest BCUT2D eigenvalue weighted by Crippen LogP contribution is 2.30. The number of rotatable bonds is 5. The van der Waals surface area contributed by atoms with E-state index in [0.717, 1.165) is 13.1 Å². The number of nitrogens with zero attached hydrogens (tertiary/aromatic N) is 2. The number of thioether (sulfide) groups is 1. The van der Waals surface area contributed by atoms with Gasteiger partial charge in [-0.2, -0.15) is 13.2 Å². The van der Waals surface area contributed by atoms with E-state index in [2.05, 4.69) is 5.32 Å². The summed E-state index contributed by atoms with van der Waals surface area (Å²) in [5.74, 6) is -1.85. The van der Waals surface area contributed by atoms with Gasteiger partial charge in [-0.3, -0.25) is 19.0 Å². The normalized spacial score (nSPS) is 12.4. The molecule has 0 aliphatic carbocycles. The molecule has 8 nitrogen and oxygen atoms in total. The Morgan fingerprint density at radius 3 is 2.44 bits per heavy atom. The number of benzene rings is 1. The summed E-state index contributed by atoms with van der Waals surface area (Å²) in [6.07, 6.45) is -4.99. The van der Waals surface area contributed by atoms with Crippen molar-refractivity contribution in [3.05, 3.63) is 55.6 Å². The van der Waals surface area contributed by atoms with Gasteiger partial charge in [-0.25, -0.2) is 13.8 Å². The molecule has 0 aliphatic rings. The van der Waals surface area contributed by atoms with Gasteiger partial charge in [0.1, 0.15) is 16.8 Å². The third kappa shape index (κ3) is 5.51. The van der Waals surface area contributed by atoms with Crippen molar-refractivity contribution in [3.8, 4) is 5.69 Å². The van der Waals surface area contributed by atoms with Crippen LogP contribution in [-0.2, 0) is 22.8 Å². The first-order valence-corrected chi connectivity index (χ1v) is 10.1. The summed E-state index contributed by atoms with van der Waals surface area (Å²) in [4.78, 5) is 48.4. The smallest absolute Gasteiger partial charge is 0.431 e. The van der Waals surface area contributed by atoms with E-state index in [1.54, 1.807) is 6.92 Å². The Bertz CT molecular complexity index is 1180. The summed E-state index contributed by atoms with van der Waals surface area (Å²) in [5.41, 5.74) is -5.40. The molecule has 1 aromatic carbocycles. The van der Waals surface area contributed by atoms with Crippen LogP contribution in [0.25, 0.3) is 5.69 Å². The van der Waals surface area contributed by atoms with E-state index in [4.69, 9.17) is 16.3 Å². The second-order valence-electron chi connectivity index (χ2n) is 6.25. The molecule has 1 aromatic heterocycles. The maximum Gasteiger partial charge on any atom is 0.431 e. The van der Waals surface area contributed by atoms with Crippen LogP contribution < -0.4 is 16.6 Å². The number of carbonyl (C=O) groups excluding carboxylic acids is 2. The number of hydrogen-bond acceptors (Lipinski definition) is 6. The van der Waals surface area contributed by atoms with Crippen LogP contribution in [0.1, 0.15) is 19.5 Å². The van der Waals surface area contributed by atoms with Crippen molar-refractivity contribution in [1.29, 1.82) is 0 Å². The van der Waals surface area contributed by atoms with E-state index < -0.39 is 51.1 Å². The molecule has 1 atom stereocenters. The average Bonchev–Trinajstić information content (AvgIpc) is 2.67. The molecule has 14 heteroatoms. The monoisotopic (exact) mass is 497 g/mol. The molecule has 2 rings (SSSR count). The summed E-state index contributed by atoms with van der Waals surface area (Å²) in [6, 6.07) is 1.64. The number of aromatic nitrogens is 2. The zero-order chi connectivity index (χ0) is 24.4. The quantitative estimate of drug-likeness (QED) is 0.501. The predicted molar refractivity (Wildman–Crippen MR) is 110 cm³/mol. The lowest BCUT2D eigenvalue weighted by molar-refractivity contribution is -0.144. The van der Waals surface area contributed by atoms with Gasteiger partial charge in [0.05, 0.1) is 23.0 Å². The van der Waals surface area contributed by atoms with E-state index in [-0.39, 0.29) is 32.5 Å². The third-order valence-electron chi connectivity index (χ3n) is 4.03. The molecule has 1 N–H and O–H groups in total. The number of anilines is 1. The van der Waals surface area contributed by atoms with Crippen molar-refractivity contribution in [2.75, 3.05) is 11.9 Å². The fraction of sp³-hybridized carbons (Fsp3) is 0.333. The van der Waals surface area contributed by atoms with Crippen molar-refractivity contribution in [3.63, 3.8) is 0 Å². The van der Waals surface area contributed by atoms with Crippen LogP contribution in [0, 0.1) is 5.82 Å². The minimum absolute atomic E-state index is 0.106. The van der Waals surface area contributed by atoms with Gasteiger partial charge in [0.25, 0.3) is 10.8 Å². The van der Waals surface area contributed by atoms with E-state index in [0.29, 0.717) is 17.8 Å². The number of ether oxygens (including phenoxy) is 1. The molecular formula is C18H16ClF4N3O5S. The molecule has 1 heterocycles. The van der Waals surface area contributed by atoms with E-state index in [1.165, 1.54) is 6.92 Å². The maximum atomic E-state index is 14.5. The van der Waals surface area contributed by atoms with E-state index in [1.807, 2.05) is 0 Å². The third-order valence-corrected chi connectivity index (χ3v) is 5.20. The van der Waals surface area contributed by atoms with Crippen molar-refractivity contribution < 1.29 is 31.9 Å². The Morgan fingerprint density at radius 1 is 1.25 bits per heavy atom. The Labute approximate surface area is 187 Å². The Kier molecular flexibility index (Phi) is 7.78. The van der Waals surface area contributed by atoms with Crippen LogP contribution in [0.15, 0.2) is 27.8 Å². The number of halogens is 5. The van der Waals surface area contributed by atoms with Crippen molar-refractivity contribution in [2.45, 2.75) is 25.3 Å². The molecule has 1 unspecified atom stereocenters. The van der Waals surface area contributed by atoms with Gasteiger partial charge in [-0.05, 0) is 37.7 Å². The van der Waals surface area contributed by atoms with Crippen molar-refractivity contribution in [1.82, 2.24) is 9.13 Å². The number of esters is 1. The average molecular weight is 498 g/mol. The van der Waals surface area contributed by atoms with Gasteiger partial charge in [0.15, 0.2) is 0 Å². The van der Waals surface area contributed by atoms with Gasteiger partial charge >= 0.3 is 17.8 Å². The van der Waals surface area contributed by atoms with E-state index >= 15 is 0 Å². The highest BCUT2D eigenvalue weighted by molar-refractivity contribution is 8.14. The van der Waals surface area contributed by atoms with Crippen LogP contribution in [0.2, 0.25) is 5.02 Å². The minimum Gasteiger partial charge on any atom is -0.465 e. The first kappa shape index (κ1) is 25.5. The number of carbonyl (C=O) groups is 2. The summed E-state index contributed by atoms with van der Waals surface area (Å²) in [6.45, 7) is 3.10. The lowest BCUT2D eigenvalue weighted by Gasteiger charge is -2.16. The standard InChI is InChI=1S/C18H16ClF4N3O5S/c1-4-31-15(28)8(2)32-16(29)24-11-6-12(10(20)5-9(11)19)26-14(27)7-13(18(21,22)23)25(3)17(26)30/h5-8H,4H2,1-3H3,(H,24,29). The van der Waals surface area contributed by atoms with Crippen LogP contribution >= 0.6 is 23.4 Å². The van der Waals surface area contributed by atoms with Crippen molar-refractivity contribution >= 4 is 40.3 Å². The van der Waals surface area contributed by atoms with Gasteiger partial charge in [0.2, 0.25) is 0 Å². The fourth-order valence-electron chi connectivity index (χ4n) is 2.53. The lowest BCUT2D eigenvalue weighted by Crippen LogP contribution is -2.41. The maximum absolute atomic E-state index is 14.5. The van der Waals surface area contributed by atoms with Crippen LogP contribution in [0.4, 0.5) is 28.0 Å². The first-order valence-electron chi connectivity index (χ1n) is 8.81. The van der Waals surface area contributed by atoms with Gasteiger partial charge in [0, 0.05) is 13.1 Å². The molecule has 2 aromatic rings. The second kappa shape index (κ2) is 9.77. The molecule has 0 saturated heterocycles. The van der Waals surface area contributed by atoms with Crippen LogP contribution in [0.3, 0.4) is 0 Å². The summed E-state index contributed by atoms with van der Waals surface area (Å²) in [7, 11) is 0.769. The number of nitrogens with one attached hydrogen (secondary N) is 1. The summed E-state index contributed by atoms with van der Waals surface area (Å²) >= 11 is 6.44. The summed E-state index contributed by atoms with van der Waals surface area (Å²) < 4.78 is 58.6. The number of alkyl halides is 3. The molecule has 174 valence electrons. The Hall–Kier alpha value is -2.80. The molecule has 0 bridgehead atoms. The van der Waals surface area contributed by atoms with Gasteiger partial charge in [-0.1, -0.05) is 11.6 Å². The van der Waals surface area contributed by atoms with Crippen molar-refractivity contribution in [2.24, 2.45) is 7.05 Å². The fourth-order valence-corrected chi connectivity index (χ4v) is 3.38. The van der Waals surface area contributed by atoms with Crippen LogP contribution in [-0.4, -0.2) is 32.2 Å². The molecule has 0 spiro atoms. The predicted octanol–water partition coefficient (Wildman–Crippen LogP) is 3.56. The lowest BCUT2D eigenvalue weighted by atomic mass is 10.2. The molecule has 32 heavy (non-hydrogen) atoms. The SMILES string of the molecule is CCOC(=O)C(C)SC(=O)Nc1cc(-n2c(=O)cc(C(F)(F)F)n(C)c2=O)c(F)cc1Cl. The molecule has 0 fully saturated rings. The van der Waals surface area contributed by atoms with Gasteiger partial charge < -0.3 is 10.1 Å². The molecular weight excluding hydrogens is 482 g/mol. The zero-order valence-electron chi connectivity index (χ0n) is 16.8. The zero-order valence-corrected chi connectivity index (χ0v) is 18.3. The molecule has 0 radical (unpaired) electrons.